The predicted octanol–water partition coefficient (Wildman–Crippen LogP) is 1.02. The number of piperidine rings is 1. The minimum atomic E-state index is -1.47. The van der Waals surface area contributed by atoms with E-state index in [4.69, 9.17) is 9.31 Å². The van der Waals surface area contributed by atoms with Crippen LogP contribution in [0.25, 0.3) is 0 Å². The second-order valence-electron chi connectivity index (χ2n) is 6.20. The Labute approximate surface area is 139 Å². The molecule has 2 aromatic rings. The summed E-state index contributed by atoms with van der Waals surface area (Å²) in [4.78, 5) is 0. The number of hydrogen-bond donors (Lipinski definition) is 1. The Bertz CT molecular complexity index is 513. The molecule has 23 heavy (non-hydrogen) atoms. The summed E-state index contributed by atoms with van der Waals surface area (Å²) in [5.41, 5.74) is 2.22. The zero-order chi connectivity index (χ0) is 15.8. The van der Waals surface area contributed by atoms with E-state index in [2.05, 4.69) is 29.6 Å². The van der Waals surface area contributed by atoms with Gasteiger partial charge in [0.25, 0.3) is 6.55 Å². The van der Waals surface area contributed by atoms with Gasteiger partial charge in [-0.05, 0) is 19.3 Å². The van der Waals surface area contributed by atoms with Crippen LogP contribution in [0.5, 0.6) is 0 Å². The highest BCUT2D eigenvalue weighted by molar-refractivity contribution is 6.92. The van der Waals surface area contributed by atoms with E-state index >= 15 is 0 Å². The summed E-state index contributed by atoms with van der Waals surface area (Å²) in [6.45, 7) is 2.59. The summed E-state index contributed by atoms with van der Waals surface area (Å²) < 4.78 is 11.9. The number of benzene rings is 2. The van der Waals surface area contributed by atoms with Crippen molar-refractivity contribution in [2.75, 3.05) is 26.3 Å². The average molecular weight is 311 g/mol. The zero-order valence-corrected chi connectivity index (χ0v) is 13.7. The Kier molecular flexibility index (Phi) is 5.86. The monoisotopic (exact) mass is 311 g/mol. The van der Waals surface area contributed by atoms with Gasteiger partial charge in [-0.1, -0.05) is 60.7 Å². The number of nitrogens with two attached hydrogens (primary N) is 1. The van der Waals surface area contributed by atoms with E-state index < -0.39 is 6.55 Å². The number of quaternary nitrogens is 1. The maximum absolute atomic E-state index is 5.95. The summed E-state index contributed by atoms with van der Waals surface area (Å²) in [6.07, 6.45) is 4.36. The molecule has 0 aromatic heterocycles. The molecule has 4 heteroatoms. The summed E-state index contributed by atoms with van der Waals surface area (Å²) in [5.74, 6) is 0. The molecule has 4 rings (SSSR count). The summed E-state index contributed by atoms with van der Waals surface area (Å²) in [6, 6.07) is 20.4. The Morgan fingerprint density at radius 3 is 1.48 bits per heavy atom. The van der Waals surface area contributed by atoms with Gasteiger partial charge in [0.15, 0.2) is 0 Å². The molecule has 0 saturated carbocycles. The van der Waals surface area contributed by atoms with Gasteiger partial charge in [-0.15, -0.1) is 10.9 Å². The third kappa shape index (κ3) is 4.02. The molecule has 122 valence electrons. The highest BCUT2D eigenvalue weighted by Crippen LogP contribution is 2.14. The second-order valence-corrected chi connectivity index (χ2v) is 6.20. The van der Waals surface area contributed by atoms with Gasteiger partial charge in [0.05, 0.1) is 13.1 Å². The van der Waals surface area contributed by atoms with E-state index in [-0.39, 0.29) is 0 Å². The normalized spacial score (nSPS) is 19.7. The standard InChI is InChI=1S/C14H14BO2.C5H11N/c1-3-7-13(8-4-1)15(16-11-12-17-15)14-9-5-2-6-10-14;1-2-4-6-5-3-1/h1-10H,11-12H2;6H,1-5H2/q-1;/p+1. The highest BCUT2D eigenvalue weighted by Gasteiger charge is 2.34. The Balaban J connectivity index is 0.000000220. The van der Waals surface area contributed by atoms with Crippen LogP contribution in [-0.4, -0.2) is 32.9 Å². The highest BCUT2D eigenvalue weighted by atomic mass is 16.6. The van der Waals surface area contributed by atoms with Crippen LogP contribution in [0.15, 0.2) is 60.7 Å². The zero-order valence-electron chi connectivity index (χ0n) is 13.7. The molecule has 2 fully saturated rings. The van der Waals surface area contributed by atoms with Crippen LogP contribution < -0.4 is 16.2 Å². The molecule has 2 heterocycles. The largest absolute Gasteiger partial charge is 0.559 e. The van der Waals surface area contributed by atoms with Crippen molar-refractivity contribution in [2.45, 2.75) is 19.3 Å². The number of hydrogen-bond acceptors (Lipinski definition) is 2. The molecule has 0 aliphatic carbocycles. The molecule has 0 amide bonds. The van der Waals surface area contributed by atoms with Crippen LogP contribution >= 0.6 is 0 Å². The molecule has 2 saturated heterocycles. The van der Waals surface area contributed by atoms with E-state index in [0.29, 0.717) is 13.2 Å². The Morgan fingerprint density at radius 1 is 0.652 bits per heavy atom. The van der Waals surface area contributed by atoms with Crippen molar-refractivity contribution in [1.29, 1.82) is 0 Å². The molecule has 3 nitrogen and oxygen atoms in total. The lowest BCUT2D eigenvalue weighted by Crippen LogP contribution is -2.85. The van der Waals surface area contributed by atoms with Crippen molar-refractivity contribution >= 4 is 17.5 Å². The molecule has 2 aliphatic heterocycles. The van der Waals surface area contributed by atoms with Gasteiger partial charge >= 0.3 is 0 Å². The van der Waals surface area contributed by atoms with Crippen LogP contribution in [0.2, 0.25) is 0 Å². The van der Waals surface area contributed by atoms with Crippen LogP contribution in [0.3, 0.4) is 0 Å². The van der Waals surface area contributed by atoms with Crippen LogP contribution in [-0.2, 0) is 9.31 Å². The number of rotatable bonds is 2. The van der Waals surface area contributed by atoms with Gasteiger partial charge in [0.2, 0.25) is 0 Å². The van der Waals surface area contributed by atoms with E-state index in [0.717, 1.165) is 10.9 Å². The fourth-order valence-electron chi connectivity index (χ4n) is 3.36. The van der Waals surface area contributed by atoms with E-state index in [1.54, 1.807) is 0 Å². The average Bonchev–Trinajstić information content (AvgIpc) is 3.16. The molecule has 0 spiro atoms. The SMILES string of the molecule is C1CC[NH2+]CC1.c1ccc([B-]2(c3ccccc3)OCCO2)cc1. The molecule has 0 radical (unpaired) electrons. The molecule has 2 aromatic carbocycles. The first-order valence-electron chi connectivity index (χ1n) is 8.76. The van der Waals surface area contributed by atoms with Gasteiger partial charge in [0, 0.05) is 13.2 Å². The third-order valence-corrected chi connectivity index (χ3v) is 4.58. The van der Waals surface area contributed by atoms with Crippen molar-refractivity contribution < 1.29 is 14.6 Å². The van der Waals surface area contributed by atoms with Gasteiger partial charge in [-0.2, -0.15) is 0 Å². The second kappa shape index (κ2) is 8.30. The van der Waals surface area contributed by atoms with Crippen molar-refractivity contribution in [2.24, 2.45) is 0 Å². The van der Waals surface area contributed by atoms with Crippen molar-refractivity contribution in [3.05, 3.63) is 60.7 Å². The maximum atomic E-state index is 5.95. The Morgan fingerprint density at radius 2 is 1.13 bits per heavy atom. The molecule has 2 aliphatic rings. The molecular weight excluding hydrogens is 285 g/mol. The van der Waals surface area contributed by atoms with Crippen molar-refractivity contribution in [3.8, 4) is 0 Å². The first-order chi connectivity index (χ1) is 11.4. The van der Waals surface area contributed by atoms with Crippen molar-refractivity contribution in [1.82, 2.24) is 0 Å². The smallest absolute Gasteiger partial charge is 0.299 e. The third-order valence-electron chi connectivity index (χ3n) is 4.58. The lowest BCUT2D eigenvalue weighted by molar-refractivity contribution is -0.662. The topological polar surface area (TPSA) is 35.1 Å². The van der Waals surface area contributed by atoms with Gasteiger partial charge < -0.3 is 14.6 Å². The minimum absolute atomic E-state index is 0.657. The molecule has 0 unspecified atom stereocenters. The molecule has 0 bridgehead atoms. The van der Waals surface area contributed by atoms with Crippen LogP contribution in [0.1, 0.15) is 19.3 Å². The lowest BCUT2D eigenvalue weighted by atomic mass is 9.47. The van der Waals surface area contributed by atoms with Gasteiger partial charge in [-0.3, -0.25) is 0 Å². The lowest BCUT2D eigenvalue weighted by Gasteiger charge is -2.36. The van der Waals surface area contributed by atoms with E-state index in [9.17, 15) is 0 Å². The van der Waals surface area contributed by atoms with Gasteiger partial charge in [-0.25, -0.2) is 0 Å². The van der Waals surface area contributed by atoms with E-state index in [1.165, 1.54) is 32.4 Å². The van der Waals surface area contributed by atoms with Crippen LogP contribution in [0, 0.1) is 0 Å². The fraction of sp³-hybridized carbons (Fsp3) is 0.368. The van der Waals surface area contributed by atoms with Crippen LogP contribution in [0.4, 0.5) is 0 Å². The molecule has 2 N–H and O–H groups in total. The summed E-state index contributed by atoms with van der Waals surface area (Å²) in [7, 11) is 0. The van der Waals surface area contributed by atoms with Gasteiger partial charge in [0.1, 0.15) is 0 Å². The Hall–Kier alpha value is -1.62. The summed E-state index contributed by atoms with van der Waals surface area (Å²) >= 11 is 0. The van der Waals surface area contributed by atoms with Crippen molar-refractivity contribution in [3.63, 3.8) is 0 Å². The maximum Gasteiger partial charge on any atom is 0.299 e. The van der Waals surface area contributed by atoms with E-state index in [1.807, 2.05) is 36.4 Å². The molecule has 0 atom stereocenters. The summed E-state index contributed by atoms with van der Waals surface area (Å²) in [5, 5.41) is 2.39. The first kappa shape index (κ1) is 16.3. The fourth-order valence-corrected chi connectivity index (χ4v) is 3.36. The molecular formula is C19H26BNO2. The first-order valence-corrected chi connectivity index (χ1v) is 8.76. The minimum Gasteiger partial charge on any atom is -0.559 e. The quantitative estimate of drug-likeness (QED) is 0.841. The predicted molar refractivity (Wildman–Crippen MR) is 95.3 cm³/mol.